The molecule has 2 fully saturated rings. The molecule has 4 atom stereocenters. The topological polar surface area (TPSA) is 58.6 Å². The maximum Gasteiger partial charge on any atom is 0.308 e. The molecule has 2 aliphatic carbocycles. The zero-order valence-corrected chi connectivity index (χ0v) is 13.4. The summed E-state index contributed by atoms with van der Waals surface area (Å²) in [6, 6.07) is 7.86. The minimum absolute atomic E-state index is 0.118. The fourth-order valence-corrected chi connectivity index (χ4v) is 4.27. The Hall–Kier alpha value is -1.07. The second kappa shape index (κ2) is 6.36. The molecule has 0 saturated heterocycles. The van der Waals surface area contributed by atoms with Crippen molar-refractivity contribution in [3.05, 3.63) is 28.7 Å². The van der Waals surface area contributed by atoms with E-state index < -0.39 is 5.97 Å². The van der Waals surface area contributed by atoms with Gasteiger partial charge in [-0.3, -0.25) is 4.79 Å². The molecule has 4 nitrogen and oxygen atoms in total. The van der Waals surface area contributed by atoms with Crippen LogP contribution in [0.15, 0.2) is 28.7 Å². The Balaban J connectivity index is 1.48. The summed E-state index contributed by atoms with van der Waals surface area (Å²) < 4.78 is 6.68. The molecule has 1 aromatic rings. The SMILES string of the molecule is O=C(O)C1C2CCC(C2)C1NCCOc1cccc(Br)c1. The first-order chi connectivity index (χ1) is 10.1. The smallest absolute Gasteiger partial charge is 0.308 e. The van der Waals surface area contributed by atoms with Crippen molar-refractivity contribution in [2.24, 2.45) is 17.8 Å². The van der Waals surface area contributed by atoms with Gasteiger partial charge < -0.3 is 15.2 Å². The number of hydrogen-bond acceptors (Lipinski definition) is 3. The third kappa shape index (κ3) is 3.24. The van der Waals surface area contributed by atoms with Crippen LogP contribution in [-0.4, -0.2) is 30.3 Å². The van der Waals surface area contributed by atoms with E-state index in [0.717, 1.165) is 23.1 Å². The number of benzene rings is 1. The average Bonchev–Trinajstić information content (AvgIpc) is 3.04. The van der Waals surface area contributed by atoms with Crippen molar-refractivity contribution in [2.75, 3.05) is 13.2 Å². The van der Waals surface area contributed by atoms with Gasteiger partial charge in [-0.2, -0.15) is 0 Å². The van der Waals surface area contributed by atoms with Gasteiger partial charge in [0.05, 0.1) is 5.92 Å². The zero-order valence-electron chi connectivity index (χ0n) is 11.8. The van der Waals surface area contributed by atoms with Crippen molar-refractivity contribution < 1.29 is 14.6 Å². The molecule has 4 unspecified atom stereocenters. The van der Waals surface area contributed by atoms with Crippen molar-refractivity contribution in [2.45, 2.75) is 25.3 Å². The molecule has 0 amide bonds. The van der Waals surface area contributed by atoms with Gasteiger partial charge in [-0.1, -0.05) is 22.0 Å². The zero-order chi connectivity index (χ0) is 14.8. The number of carboxylic acids is 1. The van der Waals surface area contributed by atoms with E-state index in [0.29, 0.717) is 25.0 Å². The summed E-state index contributed by atoms with van der Waals surface area (Å²) in [4.78, 5) is 11.4. The lowest BCUT2D eigenvalue weighted by Gasteiger charge is -2.29. The van der Waals surface area contributed by atoms with Crippen LogP contribution in [0.1, 0.15) is 19.3 Å². The molecule has 2 aliphatic rings. The van der Waals surface area contributed by atoms with Gasteiger partial charge in [-0.25, -0.2) is 0 Å². The standard InChI is InChI=1S/C16H20BrNO3/c17-12-2-1-3-13(9-12)21-7-6-18-15-11-5-4-10(8-11)14(15)16(19)20/h1-3,9-11,14-15,18H,4-8H2,(H,19,20). The number of carboxylic acid groups (broad SMARTS) is 1. The van der Waals surface area contributed by atoms with Crippen LogP contribution in [0.25, 0.3) is 0 Å². The summed E-state index contributed by atoms with van der Waals surface area (Å²) in [6.07, 6.45) is 3.31. The van der Waals surface area contributed by atoms with Gasteiger partial charge in [-0.15, -0.1) is 0 Å². The first-order valence-electron chi connectivity index (χ1n) is 7.49. The van der Waals surface area contributed by atoms with Crippen molar-refractivity contribution in [1.29, 1.82) is 0 Å². The summed E-state index contributed by atoms with van der Waals surface area (Å²) in [5, 5.41) is 12.8. The molecular formula is C16H20BrNO3. The second-order valence-electron chi connectivity index (χ2n) is 5.98. The molecule has 1 aromatic carbocycles. The molecule has 2 bridgehead atoms. The summed E-state index contributed by atoms with van der Waals surface area (Å²) >= 11 is 3.41. The van der Waals surface area contributed by atoms with E-state index in [9.17, 15) is 9.90 Å². The normalized spacial score (nSPS) is 30.5. The fraction of sp³-hybridized carbons (Fsp3) is 0.562. The summed E-state index contributed by atoms with van der Waals surface area (Å²) in [6.45, 7) is 1.24. The number of aliphatic carboxylic acids is 1. The van der Waals surface area contributed by atoms with Gasteiger partial charge in [0.15, 0.2) is 0 Å². The lowest BCUT2D eigenvalue weighted by Crippen LogP contribution is -2.45. The molecule has 2 saturated carbocycles. The van der Waals surface area contributed by atoms with Crippen LogP contribution in [0.4, 0.5) is 0 Å². The monoisotopic (exact) mass is 353 g/mol. The molecular weight excluding hydrogens is 334 g/mol. The van der Waals surface area contributed by atoms with Gasteiger partial charge in [0.25, 0.3) is 0 Å². The number of carbonyl (C=O) groups is 1. The Labute approximate surface area is 133 Å². The molecule has 0 spiro atoms. The Kier molecular flexibility index (Phi) is 4.50. The van der Waals surface area contributed by atoms with E-state index in [2.05, 4.69) is 21.2 Å². The Bertz CT molecular complexity index is 522. The molecule has 114 valence electrons. The summed E-state index contributed by atoms with van der Waals surface area (Å²) in [5.41, 5.74) is 0. The van der Waals surface area contributed by atoms with Crippen LogP contribution >= 0.6 is 15.9 Å². The maximum atomic E-state index is 11.4. The lowest BCUT2D eigenvalue weighted by molar-refractivity contribution is -0.144. The van der Waals surface area contributed by atoms with Gasteiger partial charge in [0, 0.05) is 17.1 Å². The highest BCUT2D eigenvalue weighted by atomic mass is 79.9. The van der Waals surface area contributed by atoms with Crippen LogP contribution in [-0.2, 0) is 4.79 Å². The molecule has 0 heterocycles. The first kappa shape index (κ1) is 14.9. The predicted molar refractivity (Wildman–Crippen MR) is 83.4 cm³/mol. The Morgan fingerprint density at radius 3 is 2.95 bits per heavy atom. The van der Waals surface area contributed by atoms with Crippen LogP contribution < -0.4 is 10.1 Å². The van der Waals surface area contributed by atoms with Crippen molar-refractivity contribution in [3.8, 4) is 5.75 Å². The minimum atomic E-state index is -0.646. The highest BCUT2D eigenvalue weighted by Gasteiger charge is 2.50. The van der Waals surface area contributed by atoms with Gasteiger partial charge in [0.1, 0.15) is 12.4 Å². The van der Waals surface area contributed by atoms with Crippen molar-refractivity contribution in [3.63, 3.8) is 0 Å². The quantitative estimate of drug-likeness (QED) is 0.772. The number of hydrogen-bond donors (Lipinski definition) is 2. The van der Waals surface area contributed by atoms with Crippen molar-refractivity contribution in [1.82, 2.24) is 5.32 Å². The predicted octanol–water partition coefficient (Wildman–Crippen LogP) is 2.92. The van der Waals surface area contributed by atoms with Crippen molar-refractivity contribution >= 4 is 21.9 Å². The van der Waals surface area contributed by atoms with E-state index in [1.54, 1.807) is 0 Å². The number of ether oxygens (including phenoxy) is 1. The van der Waals surface area contributed by atoms with Crippen LogP contribution in [0.3, 0.4) is 0 Å². The van der Waals surface area contributed by atoms with E-state index >= 15 is 0 Å². The van der Waals surface area contributed by atoms with Crippen LogP contribution in [0.5, 0.6) is 5.75 Å². The third-order valence-corrected chi connectivity index (χ3v) is 5.24. The second-order valence-corrected chi connectivity index (χ2v) is 6.90. The summed E-state index contributed by atoms with van der Waals surface area (Å²) in [5.74, 6) is 0.870. The Morgan fingerprint density at radius 1 is 1.38 bits per heavy atom. The molecule has 21 heavy (non-hydrogen) atoms. The number of rotatable bonds is 6. The van der Waals surface area contributed by atoms with Gasteiger partial charge in [-0.05, 0) is 49.3 Å². The average molecular weight is 354 g/mol. The van der Waals surface area contributed by atoms with E-state index in [1.807, 2.05) is 24.3 Å². The molecule has 3 rings (SSSR count). The number of halogens is 1. The first-order valence-corrected chi connectivity index (χ1v) is 8.29. The van der Waals surface area contributed by atoms with E-state index in [4.69, 9.17) is 4.74 Å². The van der Waals surface area contributed by atoms with E-state index in [-0.39, 0.29) is 12.0 Å². The highest BCUT2D eigenvalue weighted by molar-refractivity contribution is 9.10. The Morgan fingerprint density at radius 2 is 2.19 bits per heavy atom. The van der Waals surface area contributed by atoms with Gasteiger partial charge in [0.2, 0.25) is 0 Å². The molecule has 0 radical (unpaired) electrons. The minimum Gasteiger partial charge on any atom is -0.492 e. The van der Waals surface area contributed by atoms with E-state index in [1.165, 1.54) is 6.42 Å². The number of fused-ring (bicyclic) bond motifs is 2. The maximum absolute atomic E-state index is 11.4. The highest BCUT2D eigenvalue weighted by Crippen LogP contribution is 2.48. The van der Waals surface area contributed by atoms with Crippen LogP contribution in [0.2, 0.25) is 0 Å². The molecule has 0 aromatic heterocycles. The number of nitrogens with one attached hydrogen (secondary N) is 1. The third-order valence-electron chi connectivity index (χ3n) is 4.75. The lowest BCUT2D eigenvalue weighted by atomic mass is 9.84. The van der Waals surface area contributed by atoms with Crippen LogP contribution in [0, 0.1) is 17.8 Å². The van der Waals surface area contributed by atoms with Gasteiger partial charge >= 0.3 is 5.97 Å². The largest absolute Gasteiger partial charge is 0.492 e. The molecule has 0 aliphatic heterocycles. The molecule has 2 N–H and O–H groups in total. The fourth-order valence-electron chi connectivity index (χ4n) is 3.89. The molecule has 5 heteroatoms. The summed E-state index contributed by atoms with van der Waals surface area (Å²) in [7, 11) is 0.